The molecule has 3 rings (SSSR count). The summed E-state index contributed by atoms with van der Waals surface area (Å²) >= 11 is 0. The van der Waals surface area contributed by atoms with Crippen molar-refractivity contribution < 1.29 is 9.90 Å². The van der Waals surface area contributed by atoms with Gasteiger partial charge in [0, 0.05) is 24.9 Å². The zero-order valence-electron chi connectivity index (χ0n) is 14.6. The summed E-state index contributed by atoms with van der Waals surface area (Å²) in [5, 5.41) is 12.0. The lowest BCUT2D eigenvalue weighted by Gasteiger charge is -2.31. The van der Waals surface area contributed by atoms with Crippen LogP contribution in [0.1, 0.15) is 34.3 Å². The average Bonchev–Trinajstić information content (AvgIpc) is 2.63. The van der Waals surface area contributed by atoms with Crippen LogP contribution in [0.2, 0.25) is 0 Å². The molecule has 0 atom stereocenters. The molecule has 1 aliphatic rings. The first kappa shape index (κ1) is 17.6. The van der Waals surface area contributed by atoms with Crippen LogP contribution >= 0.6 is 0 Å². The molecule has 0 bridgehead atoms. The number of piperidine rings is 1. The van der Waals surface area contributed by atoms with E-state index in [0.717, 1.165) is 38.0 Å². The highest BCUT2D eigenvalue weighted by atomic mass is 16.3. The van der Waals surface area contributed by atoms with Crippen LogP contribution in [0, 0.1) is 12.8 Å². The number of anilines is 1. The number of hydrogen-bond donors (Lipinski definition) is 2. The van der Waals surface area contributed by atoms with Crippen LogP contribution < -0.4 is 5.32 Å². The number of nitrogens with zero attached hydrogens (tertiary/aromatic N) is 2. The molecule has 1 aliphatic heterocycles. The minimum atomic E-state index is -0.145. The third-order valence-electron chi connectivity index (χ3n) is 4.74. The van der Waals surface area contributed by atoms with Crippen molar-refractivity contribution in [1.82, 2.24) is 9.88 Å². The normalized spacial score (nSPS) is 15.9. The van der Waals surface area contributed by atoms with Gasteiger partial charge in [0.1, 0.15) is 5.82 Å². The molecule has 1 amide bonds. The molecule has 1 aromatic carbocycles. The van der Waals surface area contributed by atoms with Crippen LogP contribution in [0.25, 0.3) is 0 Å². The molecule has 2 heterocycles. The molecule has 2 aromatic rings. The van der Waals surface area contributed by atoms with E-state index in [1.165, 1.54) is 5.56 Å². The third kappa shape index (κ3) is 4.87. The van der Waals surface area contributed by atoms with Crippen molar-refractivity contribution in [3.63, 3.8) is 0 Å². The lowest BCUT2D eigenvalue weighted by atomic mass is 9.97. The van der Waals surface area contributed by atoms with Gasteiger partial charge in [-0.05, 0) is 74.2 Å². The number of aromatic nitrogens is 1. The minimum absolute atomic E-state index is 0.145. The summed E-state index contributed by atoms with van der Waals surface area (Å²) in [6.07, 6.45) is 3.80. The zero-order valence-corrected chi connectivity index (χ0v) is 14.6. The molecular formula is C20H25N3O2. The Morgan fingerprint density at radius 3 is 2.60 bits per heavy atom. The summed E-state index contributed by atoms with van der Waals surface area (Å²) < 4.78 is 0. The number of nitrogens with one attached hydrogen (secondary N) is 1. The number of carbonyl (C=O) groups excluding carboxylic acids is 1. The smallest absolute Gasteiger partial charge is 0.256 e. The summed E-state index contributed by atoms with van der Waals surface area (Å²) in [6.45, 7) is 5.20. The molecule has 0 radical (unpaired) electrons. The van der Waals surface area contributed by atoms with Crippen molar-refractivity contribution >= 4 is 11.7 Å². The largest absolute Gasteiger partial charge is 0.396 e. The molecule has 1 fully saturated rings. The van der Waals surface area contributed by atoms with Crippen molar-refractivity contribution in [3.8, 4) is 0 Å². The number of aryl methyl sites for hydroxylation is 1. The van der Waals surface area contributed by atoms with E-state index < -0.39 is 0 Å². The molecule has 0 aliphatic carbocycles. The van der Waals surface area contributed by atoms with E-state index in [-0.39, 0.29) is 5.91 Å². The number of aliphatic hydroxyl groups excluding tert-OH is 1. The first-order chi connectivity index (χ1) is 12.1. The van der Waals surface area contributed by atoms with Gasteiger partial charge in [-0.3, -0.25) is 9.69 Å². The van der Waals surface area contributed by atoms with Gasteiger partial charge in [0.25, 0.3) is 5.91 Å². The third-order valence-corrected chi connectivity index (χ3v) is 4.74. The molecule has 5 nitrogen and oxygen atoms in total. The van der Waals surface area contributed by atoms with E-state index >= 15 is 0 Å². The fourth-order valence-corrected chi connectivity index (χ4v) is 3.14. The second-order valence-corrected chi connectivity index (χ2v) is 6.77. The fraction of sp³-hybridized carbons (Fsp3) is 0.400. The van der Waals surface area contributed by atoms with Crippen LogP contribution in [0.3, 0.4) is 0 Å². The van der Waals surface area contributed by atoms with Crippen LogP contribution in [-0.2, 0) is 6.54 Å². The SMILES string of the molecule is Cc1ccnc(NC(=O)c2ccc(CN3CCC(CO)CC3)cc2)c1. The molecule has 25 heavy (non-hydrogen) atoms. The van der Waals surface area contributed by atoms with Gasteiger partial charge in [-0.15, -0.1) is 0 Å². The van der Waals surface area contributed by atoms with Crippen molar-refractivity contribution in [1.29, 1.82) is 0 Å². The van der Waals surface area contributed by atoms with Gasteiger partial charge in [0.15, 0.2) is 0 Å². The van der Waals surface area contributed by atoms with E-state index in [0.29, 0.717) is 23.9 Å². The number of pyridine rings is 1. The van der Waals surface area contributed by atoms with Crippen molar-refractivity contribution in [2.75, 3.05) is 25.0 Å². The Morgan fingerprint density at radius 2 is 1.96 bits per heavy atom. The van der Waals surface area contributed by atoms with Gasteiger partial charge in [0.05, 0.1) is 0 Å². The molecule has 1 aromatic heterocycles. The standard InChI is InChI=1S/C20H25N3O2/c1-15-6-9-21-19(12-15)22-20(25)18-4-2-16(3-5-18)13-23-10-7-17(14-24)8-11-23/h2-6,9,12,17,24H,7-8,10-11,13-14H2,1H3,(H,21,22,25). The molecule has 132 valence electrons. The highest BCUT2D eigenvalue weighted by molar-refractivity contribution is 6.03. The van der Waals surface area contributed by atoms with Crippen molar-refractivity contribution in [2.45, 2.75) is 26.3 Å². The maximum atomic E-state index is 12.3. The second kappa shape index (κ2) is 8.23. The topological polar surface area (TPSA) is 65.5 Å². The summed E-state index contributed by atoms with van der Waals surface area (Å²) in [5.41, 5.74) is 2.89. The first-order valence-electron chi connectivity index (χ1n) is 8.80. The van der Waals surface area contributed by atoms with Crippen LogP contribution in [0.5, 0.6) is 0 Å². The number of carbonyl (C=O) groups is 1. The van der Waals surface area contributed by atoms with Crippen LogP contribution in [0.4, 0.5) is 5.82 Å². The minimum Gasteiger partial charge on any atom is -0.396 e. The fourth-order valence-electron chi connectivity index (χ4n) is 3.14. The lowest BCUT2D eigenvalue weighted by molar-refractivity contribution is 0.102. The van der Waals surface area contributed by atoms with E-state index in [2.05, 4.69) is 15.2 Å². The molecular weight excluding hydrogens is 314 g/mol. The molecule has 0 saturated carbocycles. The summed E-state index contributed by atoms with van der Waals surface area (Å²) in [5.74, 6) is 0.881. The Bertz CT molecular complexity index is 707. The lowest BCUT2D eigenvalue weighted by Crippen LogP contribution is -2.34. The van der Waals surface area contributed by atoms with Crippen molar-refractivity contribution in [3.05, 3.63) is 59.3 Å². The highest BCUT2D eigenvalue weighted by Crippen LogP contribution is 2.18. The van der Waals surface area contributed by atoms with Gasteiger partial charge >= 0.3 is 0 Å². The van der Waals surface area contributed by atoms with Gasteiger partial charge in [-0.25, -0.2) is 4.98 Å². The van der Waals surface area contributed by atoms with E-state index in [9.17, 15) is 9.90 Å². The Labute approximate surface area is 148 Å². The number of amides is 1. The Morgan fingerprint density at radius 1 is 1.24 bits per heavy atom. The maximum absolute atomic E-state index is 12.3. The number of aliphatic hydroxyl groups is 1. The van der Waals surface area contributed by atoms with Gasteiger partial charge < -0.3 is 10.4 Å². The van der Waals surface area contributed by atoms with Crippen LogP contribution in [0.15, 0.2) is 42.6 Å². The van der Waals surface area contributed by atoms with Crippen LogP contribution in [-0.4, -0.2) is 40.6 Å². The zero-order chi connectivity index (χ0) is 17.6. The monoisotopic (exact) mass is 339 g/mol. The van der Waals surface area contributed by atoms with E-state index in [1.807, 2.05) is 43.3 Å². The van der Waals surface area contributed by atoms with E-state index in [1.54, 1.807) is 6.20 Å². The molecule has 0 spiro atoms. The maximum Gasteiger partial charge on any atom is 0.256 e. The molecule has 0 unspecified atom stereocenters. The van der Waals surface area contributed by atoms with Gasteiger partial charge in [-0.2, -0.15) is 0 Å². The summed E-state index contributed by atoms with van der Waals surface area (Å²) in [7, 11) is 0. The van der Waals surface area contributed by atoms with Crippen molar-refractivity contribution in [2.24, 2.45) is 5.92 Å². The quantitative estimate of drug-likeness (QED) is 0.879. The van der Waals surface area contributed by atoms with Gasteiger partial charge in [0.2, 0.25) is 0 Å². The highest BCUT2D eigenvalue weighted by Gasteiger charge is 2.18. The number of likely N-dealkylation sites (tertiary alicyclic amines) is 1. The van der Waals surface area contributed by atoms with E-state index in [4.69, 9.17) is 0 Å². The number of hydrogen-bond acceptors (Lipinski definition) is 4. The second-order valence-electron chi connectivity index (χ2n) is 6.77. The molecule has 1 saturated heterocycles. The molecule has 2 N–H and O–H groups in total. The Hall–Kier alpha value is -2.24. The summed E-state index contributed by atoms with van der Waals surface area (Å²) in [4.78, 5) is 18.9. The predicted molar refractivity (Wildman–Crippen MR) is 98.5 cm³/mol. The number of rotatable bonds is 5. The Kier molecular flexibility index (Phi) is 5.79. The van der Waals surface area contributed by atoms with Gasteiger partial charge in [-0.1, -0.05) is 12.1 Å². The predicted octanol–water partition coefficient (Wildman–Crippen LogP) is 2.85. The Balaban J connectivity index is 1.55. The number of benzene rings is 1. The first-order valence-corrected chi connectivity index (χ1v) is 8.80. The average molecular weight is 339 g/mol. The summed E-state index contributed by atoms with van der Waals surface area (Å²) in [6, 6.07) is 11.5. The molecule has 5 heteroatoms.